The van der Waals surface area contributed by atoms with Gasteiger partial charge in [-0.05, 0) is 13.8 Å². The molecular weight excluding hydrogens is 220 g/mol. The molecule has 0 aromatic heterocycles. The highest BCUT2D eigenvalue weighted by Crippen LogP contribution is 2.24. The number of aliphatic imine (C=N–C) groups is 1. The first-order chi connectivity index (χ1) is 5.23. The first-order valence-corrected chi connectivity index (χ1v) is 4.63. The van der Waals surface area contributed by atoms with Crippen molar-refractivity contribution in [2.24, 2.45) is 4.99 Å². The van der Waals surface area contributed by atoms with Crippen LogP contribution in [0.4, 0.5) is 0 Å². The van der Waals surface area contributed by atoms with Crippen molar-refractivity contribution < 1.29 is 4.74 Å². The normalized spacial score (nSPS) is 22.1. The van der Waals surface area contributed by atoms with Crippen LogP contribution in [0.1, 0.15) is 27.7 Å². The van der Waals surface area contributed by atoms with Gasteiger partial charge in [0.15, 0.2) is 6.21 Å². The van der Waals surface area contributed by atoms with E-state index in [1.165, 1.54) is 6.21 Å². The van der Waals surface area contributed by atoms with Gasteiger partial charge in [0.05, 0.1) is 4.32 Å². The minimum Gasteiger partial charge on any atom is -0.622 e. The molecule has 4 heteroatoms. The molecule has 0 unspecified atom stereocenters. The molecule has 0 saturated heterocycles. The van der Waals surface area contributed by atoms with E-state index in [1.54, 1.807) is 13.8 Å². The summed E-state index contributed by atoms with van der Waals surface area (Å²) in [6.07, 6.45) is 1.54. The second-order valence-corrected chi connectivity index (χ2v) is 5.90. The Labute approximate surface area is 80.9 Å². The Morgan fingerprint density at radius 1 is 1.58 bits per heavy atom. The second-order valence-electron chi connectivity index (χ2n) is 3.92. The van der Waals surface area contributed by atoms with E-state index in [0.717, 1.165) is 10.5 Å². The van der Waals surface area contributed by atoms with Crippen LogP contribution in [0.25, 0.3) is 0 Å². The third-order valence-corrected chi connectivity index (χ3v) is 2.19. The van der Waals surface area contributed by atoms with Gasteiger partial charge in [-0.25, -0.2) is 4.99 Å². The first-order valence-electron chi connectivity index (χ1n) is 3.84. The van der Waals surface area contributed by atoms with E-state index in [1.807, 2.05) is 13.8 Å². The van der Waals surface area contributed by atoms with E-state index in [2.05, 4.69) is 20.9 Å². The molecule has 12 heavy (non-hydrogen) atoms. The maximum Gasteiger partial charge on any atom is 0.260 e. The van der Waals surface area contributed by atoms with Crippen LogP contribution < -0.4 is 0 Å². The van der Waals surface area contributed by atoms with Crippen molar-refractivity contribution in [3.05, 3.63) is 5.21 Å². The Balaban J connectivity index is 3.02. The second kappa shape index (κ2) is 2.55. The lowest BCUT2D eigenvalue weighted by Crippen LogP contribution is -2.26. The van der Waals surface area contributed by atoms with Gasteiger partial charge in [-0.3, -0.25) is 0 Å². The fraction of sp³-hybridized carbons (Fsp3) is 0.750. The molecular formula is C8H13BrN2O. The monoisotopic (exact) mass is 232 g/mol. The highest BCUT2D eigenvalue weighted by molar-refractivity contribution is 9.10. The minimum absolute atomic E-state index is 0.219. The molecule has 0 N–H and O–H groups in total. The number of hydroxylamine groups is 1. The zero-order valence-electron chi connectivity index (χ0n) is 7.76. The molecule has 0 spiro atoms. The molecule has 1 aliphatic heterocycles. The zero-order valence-corrected chi connectivity index (χ0v) is 9.34. The van der Waals surface area contributed by atoms with Crippen LogP contribution in [-0.2, 0) is 0 Å². The molecule has 1 aliphatic rings. The Bertz CT molecular complexity index is 261. The third kappa shape index (κ3) is 1.68. The standard InChI is InChI=1S/C8H13BrN2O/c1-7(2,9)6-5-11(12)8(3,4)10-6/h5H,1-4H3. The number of nitrogens with zero attached hydrogens (tertiary/aromatic N) is 2. The van der Waals surface area contributed by atoms with Crippen molar-refractivity contribution in [1.82, 2.24) is 0 Å². The number of hydrogen-bond donors (Lipinski definition) is 0. The molecule has 0 radical (unpaired) electrons. The summed E-state index contributed by atoms with van der Waals surface area (Å²) in [5.74, 6) is 0. The van der Waals surface area contributed by atoms with Crippen LogP contribution in [0.2, 0.25) is 0 Å². The van der Waals surface area contributed by atoms with E-state index < -0.39 is 5.66 Å². The summed E-state index contributed by atoms with van der Waals surface area (Å²) in [6.45, 7) is 7.53. The molecule has 1 heterocycles. The van der Waals surface area contributed by atoms with Crippen LogP contribution in [-0.4, -0.2) is 26.7 Å². The number of alkyl halides is 1. The SMILES string of the molecule is CC(C)(Br)C1=NC(C)(C)[N+]([O-])=C1. The Morgan fingerprint density at radius 3 is 2.25 bits per heavy atom. The van der Waals surface area contributed by atoms with Gasteiger partial charge >= 0.3 is 0 Å². The topological polar surface area (TPSA) is 38.4 Å². The van der Waals surface area contributed by atoms with Gasteiger partial charge in [-0.2, -0.15) is 4.74 Å². The average molecular weight is 233 g/mol. The van der Waals surface area contributed by atoms with Crippen molar-refractivity contribution in [2.45, 2.75) is 37.7 Å². The molecule has 0 aromatic rings. The van der Waals surface area contributed by atoms with Crippen molar-refractivity contribution in [1.29, 1.82) is 0 Å². The highest BCUT2D eigenvalue weighted by atomic mass is 79.9. The lowest BCUT2D eigenvalue weighted by Gasteiger charge is -2.14. The van der Waals surface area contributed by atoms with E-state index in [4.69, 9.17) is 0 Å². The zero-order chi connectivity index (χ0) is 9.57. The molecule has 3 nitrogen and oxygen atoms in total. The lowest BCUT2D eigenvalue weighted by atomic mass is 10.1. The van der Waals surface area contributed by atoms with Gasteiger partial charge in [0.25, 0.3) is 5.66 Å². The highest BCUT2D eigenvalue weighted by Gasteiger charge is 2.36. The van der Waals surface area contributed by atoms with Crippen LogP contribution in [0.15, 0.2) is 4.99 Å². The molecule has 0 saturated carbocycles. The summed E-state index contributed by atoms with van der Waals surface area (Å²) < 4.78 is 0.661. The minimum atomic E-state index is -0.639. The summed E-state index contributed by atoms with van der Waals surface area (Å²) in [6, 6.07) is 0. The molecule has 0 amide bonds. The van der Waals surface area contributed by atoms with Gasteiger partial charge in [0.2, 0.25) is 0 Å². The van der Waals surface area contributed by atoms with E-state index in [9.17, 15) is 5.21 Å². The van der Waals surface area contributed by atoms with Gasteiger partial charge in [0.1, 0.15) is 5.71 Å². The van der Waals surface area contributed by atoms with Crippen LogP contribution in [0, 0.1) is 5.21 Å². The van der Waals surface area contributed by atoms with Crippen LogP contribution in [0.3, 0.4) is 0 Å². The van der Waals surface area contributed by atoms with Crippen LogP contribution in [0.5, 0.6) is 0 Å². The fourth-order valence-corrected chi connectivity index (χ4v) is 1.12. The summed E-state index contributed by atoms with van der Waals surface area (Å²) >= 11 is 3.46. The van der Waals surface area contributed by atoms with Crippen molar-refractivity contribution in [3.63, 3.8) is 0 Å². The maximum atomic E-state index is 11.3. The quantitative estimate of drug-likeness (QED) is 0.387. The van der Waals surface area contributed by atoms with Gasteiger partial charge in [-0.15, -0.1) is 0 Å². The van der Waals surface area contributed by atoms with Crippen molar-refractivity contribution in [3.8, 4) is 0 Å². The van der Waals surface area contributed by atoms with E-state index in [0.29, 0.717) is 0 Å². The van der Waals surface area contributed by atoms with Gasteiger partial charge in [0, 0.05) is 13.8 Å². The first kappa shape index (κ1) is 9.71. The molecule has 0 aliphatic carbocycles. The van der Waals surface area contributed by atoms with Gasteiger partial charge in [-0.1, -0.05) is 15.9 Å². The van der Waals surface area contributed by atoms with Crippen molar-refractivity contribution in [2.75, 3.05) is 0 Å². The molecule has 0 fully saturated rings. The predicted molar refractivity (Wildman–Crippen MR) is 54.2 cm³/mol. The third-order valence-electron chi connectivity index (χ3n) is 1.78. The fourth-order valence-electron chi connectivity index (χ4n) is 0.928. The molecule has 0 aromatic carbocycles. The number of halogens is 1. The van der Waals surface area contributed by atoms with E-state index in [-0.39, 0.29) is 4.32 Å². The largest absolute Gasteiger partial charge is 0.622 e. The predicted octanol–water partition coefficient (Wildman–Crippen LogP) is 1.93. The van der Waals surface area contributed by atoms with Crippen LogP contribution >= 0.6 is 15.9 Å². The molecule has 0 bridgehead atoms. The molecule has 68 valence electrons. The average Bonchev–Trinajstić information content (AvgIpc) is 2.06. The molecule has 1 rings (SSSR count). The Morgan fingerprint density at radius 2 is 2.08 bits per heavy atom. The Kier molecular flexibility index (Phi) is 2.07. The number of hydrogen-bond acceptors (Lipinski definition) is 2. The summed E-state index contributed by atoms with van der Waals surface area (Å²) in [4.78, 5) is 4.30. The smallest absolute Gasteiger partial charge is 0.260 e. The summed E-state index contributed by atoms with van der Waals surface area (Å²) in [5.41, 5.74) is 0.155. The Hall–Kier alpha value is -0.380. The van der Waals surface area contributed by atoms with E-state index >= 15 is 0 Å². The summed E-state index contributed by atoms with van der Waals surface area (Å²) in [7, 11) is 0. The lowest BCUT2D eigenvalue weighted by molar-refractivity contribution is -0.528. The maximum absolute atomic E-state index is 11.3. The molecule has 0 atom stereocenters. The van der Waals surface area contributed by atoms with Gasteiger partial charge < -0.3 is 5.21 Å². The number of rotatable bonds is 1. The van der Waals surface area contributed by atoms with Crippen molar-refractivity contribution >= 4 is 27.9 Å². The summed E-state index contributed by atoms with van der Waals surface area (Å²) in [5, 5.41) is 11.3.